The van der Waals surface area contributed by atoms with E-state index in [2.05, 4.69) is 31.7 Å². The van der Waals surface area contributed by atoms with Gasteiger partial charge in [-0.3, -0.25) is 4.90 Å². The lowest BCUT2D eigenvalue weighted by Gasteiger charge is -2.26. The zero-order chi connectivity index (χ0) is 8.15. The van der Waals surface area contributed by atoms with Gasteiger partial charge in [0.25, 0.3) is 0 Å². The normalized spacial score (nSPS) is 16.4. The first-order chi connectivity index (χ1) is 4.63. The molecule has 0 aliphatic rings. The van der Waals surface area contributed by atoms with Gasteiger partial charge >= 0.3 is 0 Å². The van der Waals surface area contributed by atoms with Gasteiger partial charge in [-0.2, -0.15) is 0 Å². The molecule has 0 bridgehead atoms. The van der Waals surface area contributed by atoms with Crippen LogP contribution in [-0.2, 0) is 0 Å². The second-order valence-corrected chi connectivity index (χ2v) is 2.77. The first-order valence-electron chi connectivity index (χ1n) is 3.81. The van der Waals surface area contributed by atoms with Crippen molar-refractivity contribution in [3.05, 3.63) is 0 Å². The van der Waals surface area contributed by atoms with Gasteiger partial charge in [-0.15, -0.1) is 6.42 Å². The zero-order valence-electron chi connectivity index (χ0n) is 7.39. The third-order valence-electron chi connectivity index (χ3n) is 2.14. The molecule has 2 unspecified atom stereocenters. The van der Waals surface area contributed by atoms with E-state index in [0.29, 0.717) is 6.04 Å². The molecule has 0 rings (SSSR count). The van der Waals surface area contributed by atoms with E-state index >= 15 is 0 Å². The van der Waals surface area contributed by atoms with E-state index in [1.54, 1.807) is 0 Å². The Morgan fingerprint density at radius 3 is 2.30 bits per heavy atom. The molecule has 0 fully saturated rings. The van der Waals surface area contributed by atoms with Crippen LogP contribution in [-0.4, -0.2) is 24.0 Å². The van der Waals surface area contributed by atoms with Crippen molar-refractivity contribution in [2.45, 2.75) is 39.3 Å². The van der Waals surface area contributed by atoms with Crippen LogP contribution in [0.2, 0.25) is 0 Å². The summed E-state index contributed by atoms with van der Waals surface area (Å²) < 4.78 is 0. The van der Waals surface area contributed by atoms with Crippen LogP contribution in [0, 0.1) is 12.3 Å². The van der Waals surface area contributed by atoms with Gasteiger partial charge in [0.2, 0.25) is 0 Å². The number of hydrogen-bond donors (Lipinski definition) is 0. The van der Waals surface area contributed by atoms with Crippen molar-refractivity contribution < 1.29 is 0 Å². The van der Waals surface area contributed by atoms with E-state index in [1.807, 2.05) is 6.92 Å². The van der Waals surface area contributed by atoms with Crippen molar-refractivity contribution in [3.63, 3.8) is 0 Å². The average Bonchev–Trinajstić information content (AvgIpc) is 2.00. The Bertz CT molecular complexity index is 123. The fraction of sp³-hybridized carbons (Fsp3) is 0.778. The minimum absolute atomic E-state index is 0.259. The van der Waals surface area contributed by atoms with Gasteiger partial charge in [-0.05, 0) is 27.3 Å². The molecule has 0 spiro atoms. The quantitative estimate of drug-likeness (QED) is 0.538. The summed E-state index contributed by atoms with van der Waals surface area (Å²) in [6.45, 7) is 6.41. The highest BCUT2D eigenvalue weighted by Gasteiger charge is 2.10. The molecule has 0 aromatic heterocycles. The summed E-state index contributed by atoms with van der Waals surface area (Å²) in [6, 6.07) is 0.848. The Morgan fingerprint density at radius 1 is 1.50 bits per heavy atom. The zero-order valence-corrected chi connectivity index (χ0v) is 7.39. The summed E-state index contributed by atoms with van der Waals surface area (Å²) in [5.74, 6) is 2.71. The maximum absolute atomic E-state index is 5.27. The molecule has 1 nitrogen and oxygen atoms in total. The molecule has 0 amide bonds. The van der Waals surface area contributed by atoms with Gasteiger partial charge in [0, 0.05) is 6.04 Å². The van der Waals surface area contributed by atoms with E-state index < -0.39 is 0 Å². The lowest BCUT2D eigenvalue weighted by molar-refractivity contribution is 0.227. The number of nitrogens with zero attached hydrogens (tertiary/aromatic N) is 1. The van der Waals surface area contributed by atoms with E-state index in [9.17, 15) is 0 Å². The Balaban J connectivity index is 3.84. The molecule has 0 N–H and O–H groups in total. The van der Waals surface area contributed by atoms with Crippen LogP contribution in [0.3, 0.4) is 0 Å². The molecule has 10 heavy (non-hydrogen) atoms. The van der Waals surface area contributed by atoms with Crippen molar-refractivity contribution in [1.29, 1.82) is 0 Å². The largest absolute Gasteiger partial charge is 0.290 e. The van der Waals surface area contributed by atoms with Gasteiger partial charge in [0.15, 0.2) is 0 Å². The molecule has 0 heterocycles. The highest BCUT2D eigenvalue weighted by molar-refractivity contribution is 4.97. The van der Waals surface area contributed by atoms with Crippen molar-refractivity contribution in [1.82, 2.24) is 4.90 Å². The predicted octanol–water partition coefficient (Wildman–Crippen LogP) is 1.74. The van der Waals surface area contributed by atoms with Crippen LogP contribution >= 0.6 is 0 Å². The fourth-order valence-electron chi connectivity index (χ4n) is 0.787. The minimum Gasteiger partial charge on any atom is -0.290 e. The van der Waals surface area contributed by atoms with E-state index in [-0.39, 0.29) is 6.04 Å². The van der Waals surface area contributed by atoms with Crippen LogP contribution in [0.1, 0.15) is 27.2 Å². The van der Waals surface area contributed by atoms with E-state index in [4.69, 9.17) is 6.42 Å². The molecule has 58 valence electrons. The molecule has 0 radical (unpaired) electrons. The Morgan fingerprint density at radius 2 is 2.00 bits per heavy atom. The van der Waals surface area contributed by atoms with Crippen LogP contribution < -0.4 is 0 Å². The molecule has 2 atom stereocenters. The lowest BCUT2D eigenvalue weighted by atomic mass is 10.2. The molecule has 0 aromatic carbocycles. The van der Waals surface area contributed by atoms with E-state index in [0.717, 1.165) is 6.42 Å². The second kappa shape index (κ2) is 4.35. The highest BCUT2D eigenvalue weighted by Crippen LogP contribution is 2.03. The average molecular weight is 139 g/mol. The maximum atomic E-state index is 5.27. The van der Waals surface area contributed by atoms with Crippen LogP contribution in [0.15, 0.2) is 0 Å². The Hall–Kier alpha value is -0.480. The highest BCUT2D eigenvalue weighted by atomic mass is 15.1. The molecule has 0 saturated heterocycles. The minimum atomic E-state index is 0.259. The van der Waals surface area contributed by atoms with Gasteiger partial charge in [-0.1, -0.05) is 12.8 Å². The van der Waals surface area contributed by atoms with Crippen molar-refractivity contribution >= 4 is 0 Å². The van der Waals surface area contributed by atoms with Gasteiger partial charge in [0.05, 0.1) is 6.04 Å². The molecule has 1 heteroatoms. The third kappa shape index (κ3) is 2.41. The van der Waals surface area contributed by atoms with Gasteiger partial charge in [-0.25, -0.2) is 0 Å². The van der Waals surface area contributed by atoms with Gasteiger partial charge in [0.1, 0.15) is 0 Å². The Kier molecular flexibility index (Phi) is 4.14. The van der Waals surface area contributed by atoms with E-state index in [1.165, 1.54) is 0 Å². The van der Waals surface area contributed by atoms with Crippen molar-refractivity contribution in [3.8, 4) is 12.3 Å². The van der Waals surface area contributed by atoms with Crippen LogP contribution in [0.25, 0.3) is 0 Å². The molecular formula is C9H17N. The SMILES string of the molecule is C#CC(C)N(C)C(C)CC. The standard InChI is InChI=1S/C9H17N/c1-6-8(3)10(5)9(4)7-2/h1,8-9H,7H2,2-5H3. The summed E-state index contributed by atoms with van der Waals surface area (Å²) >= 11 is 0. The summed E-state index contributed by atoms with van der Waals surface area (Å²) in [7, 11) is 2.07. The molecule has 0 aliphatic carbocycles. The topological polar surface area (TPSA) is 3.24 Å². The third-order valence-corrected chi connectivity index (χ3v) is 2.14. The van der Waals surface area contributed by atoms with Gasteiger partial charge < -0.3 is 0 Å². The molecule has 0 aliphatic heterocycles. The summed E-state index contributed by atoms with van der Waals surface area (Å²) in [6.07, 6.45) is 6.43. The molecular weight excluding hydrogens is 122 g/mol. The van der Waals surface area contributed by atoms with Crippen molar-refractivity contribution in [2.75, 3.05) is 7.05 Å². The lowest BCUT2D eigenvalue weighted by Crippen LogP contribution is -2.35. The summed E-state index contributed by atoms with van der Waals surface area (Å²) in [5.41, 5.74) is 0. The monoisotopic (exact) mass is 139 g/mol. The van der Waals surface area contributed by atoms with Crippen LogP contribution in [0.4, 0.5) is 0 Å². The number of rotatable bonds is 3. The first kappa shape index (κ1) is 9.52. The smallest absolute Gasteiger partial charge is 0.0683 e. The first-order valence-corrected chi connectivity index (χ1v) is 3.81. The molecule has 0 saturated carbocycles. The van der Waals surface area contributed by atoms with Crippen molar-refractivity contribution in [2.24, 2.45) is 0 Å². The number of terminal acetylenes is 1. The second-order valence-electron chi connectivity index (χ2n) is 2.77. The fourth-order valence-corrected chi connectivity index (χ4v) is 0.787. The molecule has 0 aromatic rings. The van der Waals surface area contributed by atoms with Crippen LogP contribution in [0.5, 0.6) is 0 Å². The Labute approximate surface area is 64.4 Å². The number of hydrogen-bond acceptors (Lipinski definition) is 1. The summed E-state index contributed by atoms with van der Waals surface area (Å²) in [4.78, 5) is 2.21. The maximum Gasteiger partial charge on any atom is 0.0683 e. The summed E-state index contributed by atoms with van der Waals surface area (Å²) in [5, 5.41) is 0. The predicted molar refractivity (Wildman–Crippen MR) is 45.8 cm³/mol.